The molecule has 0 saturated carbocycles. The van der Waals surface area contributed by atoms with E-state index < -0.39 is 23.2 Å². The minimum absolute atomic E-state index is 0.0742. The Kier molecular flexibility index (Phi) is 6.12. The van der Waals surface area contributed by atoms with Gasteiger partial charge in [-0.1, -0.05) is 11.6 Å². The van der Waals surface area contributed by atoms with Crippen molar-refractivity contribution in [2.24, 2.45) is 0 Å². The van der Waals surface area contributed by atoms with E-state index in [0.717, 1.165) is 6.07 Å². The van der Waals surface area contributed by atoms with Gasteiger partial charge < -0.3 is 19.8 Å². The van der Waals surface area contributed by atoms with Crippen LogP contribution in [0.3, 0.4) is 0 Å². The van der Waals surface area contributed by atoms with Gasteiger partial charge in [-0.05, 0) is 69.3 Å². The summed E-state index contributed by atoms with van der Waals surface area (Å²) in [7, 11) is 0. The summed E-state index contributed by atoms with van der Waals surface area (Å²) in [6, 6.07) is 12.0. The van der Waals surface area contributed by atoms with Gasteiger partial charge in [0.05, 0.1) is 17.5 Å². The molecule has 2 amide bonds. The molecule has 0 atom stereocenters. The van der Waals surface area contributed by atoms with Crippen LogP contribution in [-0.2, 0) is 4.79 Å². The lowest BCUT2D eigenvalue weighted by Crippen LogP contribution is -2.42. The topological polar surface area (TPSA) is 80.6 Å². The van der Waals surface area contributed by atoms with Gasteiger partial charge in [0.15, 0.2) is 5.60 Å². The highest BCUT2D eigenvalue weighted by Gasteiger charge is 2.30. The van der Waals surface area contributed by atoms with Crippen LogP contribution in [0, 0.1) is 12.7 Å². The van der Waals surface area contributed by atoms with Crippen molar-refractivity contribution in [3.05, 3.63) is 77.0 Å². The summed E-state index contributed by atoms with van der Waals surface area (Å²) in [6.07, 6.45) is 1.38. The number of aryl methyl sites for hydroxylation is 1. The first-order valence-corrected chi connectivity index (χ1v) is 9.44. The quantitative estimate of drug-likeness (QED) is 0.546. The van der Waals surface area contributed by atoms with Crippen molar-refractivity contribution in [3.8, 4) is 5.75 Å². The number of amides is 2. The second-order valence-corrected chi connectivity index (χ2v) is 7.50. The fourth-order valence-electron chi connectivity index (χ4n) is 2.63. The molecule has 3 rings (SSSR count). The van der Waals surface area contributed by atoms with Crippen molar-refractivity contribution in [2.75, 3.05) is 10.6 Å². The number of rotatable bonds is 6. The van der Waals surface area contributed by atoms with E-state index >= 15 is 0 Å². The molecule has 0 aliphatic rings. The maximum atomic E-state index is 14.2. The van der Waals surface area contributed by atoms with Gasteiger partial charge >= 0.3 is 0 Å². The summed E-state index contributed by atoms with van der Waals surface area (Å²) in [6.45, 7) is 4.83. The summed E-state index contributed by atoms with van der Waals surface area (Å²) >= 11 is 5.86. The monoisotopic (exact) mass is 430 g/mol. The molecule has 1 aromatic heterocycles. The number of furan rings is 1. The summed E-state index contributed by atoms with van der Waals surface area (Å²) in [5.41, 5.74) is -0.705. The van der Waals surface area contributed by atoms with Crippen LogP contribution < -0.4 is 15.4 Å². The summed E-state index contributed by atoms with van der Waals surface area (Å²) < 4.78 is 25.0. The number of carbonyl (C=O) groups excluding carboxylic acids is 2. The normalized spacial score (nSPS) is 11.1. The van der Waals surface area contributed by atoms with E-state index in [2.05, 4.69) is 10.6 Å². The van der Waals surface area contributed by atoms with Gasteiger partial charge in [0.25, 0.3) is 11.8 Å². The molecule has 0 aliphatic heterocycles. The highest BCUT2D eigenvalue weighted by atomic mass is 35.5. The van der Waals surface area contributed by atoms with Gasteiger partial charge in [0.2, 0.25) is 0 Å². The van der Waals surface area contributed by atoms with E-state index in [1.165, 1.54) is 24.5 Å². The van der Waals surface area contributed by atoms with Crippen molar-refractivity contribution < 1.29 is 23.1 Å². The van der Waals surface area contributed by atoms with Crippen LogP contribution in [0.1, 0.15) is 30.0 Å². The average Bonchev–Trinajstić information content (AvgIpc) is 3.12. The van der Waals surface area contributed by atoms with Crippen molar-refractivity contribution in [2.45, 2.75) is 26.4 Å². The largest absolute Gasteiger partial charge is 0.478 e. The summed E-state index contributed by atoms with van der Waals surface area (Å²) in [5, 5.41) is 5.71. The third kappa shape index (κ3) is 4.99. The molecular weight excluding hydrogens is 411 g/mol. The predicted molar refractivity (Wildman–Crippen MR) is 113 cm³/mol. The van der Waals surface area contributed by atoms with Crippen LogP contribution in [0.4, 0.5) is 15.8 Å². The number of hydrogen-bond acceptors (Lipinski definition) is 4. The summed E-state index contributed by atoms with van der Waals surface area (Å²) in [5.74, 6) is -0.721. The van der Waals surface area contributed by atoms with Gasteiger partial charge in [-0.3, -0.25) is 9.59 Å². The molecule has 8 heteroatoms. The molecule has 30 heavy (non-hydrogen) atoms. The first kappa shape index (κ1) is 21.4. The van der Waals surface area contributed by atoms with E-state index in [1.807, 2.05) is 0 Å². The van der Waals surface area contributed by atoms with Gasteiger partial charge in [0.1, 0.15) is 17.3 Å². The van der Waals surface area contributed by atoms with Gasteiger partial charge in [-0.25, -0.2) is 4.39 Å². The van der Waals surface area contributed by atoms with E-state index in [1.54, 1.807) is 45.0 Å². The molecule has 0 bridgehead atoms. The van der Waals surface area contributed by atoms with Crippen LogP contribution in [-0.4, -0.2) is 17.4 Å². The zero-order chi connectivity index (χ0) is 21.9. The molecule has 2 aromatic carbocycles. The standard InChI is InChI=1S/C22H20ClFN2O4/c1-13-17(10-11-29-13)20(27)26-19-12-15(6-9-18(19)24)25-21(28)22(2,3)30-16-7-4-14(23)5-8-16/h4-12H,1-3H3,(H,25,28)(H,26,27). The number of carbonyl (C=O) groups is 2. The Balaban J connectivity index is 1.72. The Morgan fingerprint density at radius 1 is 1.07 bits per heavy atom. The number of nitrogens with one attached hydrogen (secondary N) is 2. The third-order valence-corrected chi connectivity index (χ3v) is 4.56. The van der Waals surface area contributed by atoms with Crippen LogP contribution in [0.2, 0.25) is 5.02 Å². The van der Waals surface area contributed by atoms with Crippen LogP contribution in [0.15, 0.2) is 59.2 Å². The molecule has 0 aliphatic carbocycles. The molecule has 0 spiro atoms. The molecule has 0 fully saturated rings. The lowest BCUT2D eigenvalue weighted by molar-refractivity contribution is -0.128. The highest BCUT2D eigenvalue weighted by molar-refractivity contribution is 6.30. The molecule has 156 valence electrons. The SMILES string of the molecule is Cc1occc1C(=O)Nc1cc(NC(=O)C(C)(C)Oc2ccc(Cl)cc2)ccc1F. The number of hydrogen-bond donors (Lipinski definition) is 2. The fraction of sp³-hybridized carbons (Fsp3) is 0.182. The number of anilines is 2. The minimum Gasteiger partial charge on any atom is -0.478 e. The van der Waals surface area contributed by atoms with Crippen LogP contribution in [0.25, 0.3) is 0 Å². The number of halogens is 2. The molecule has 0 saturated heterocycles. The maximum Gasteiger partial charge on any atom is 0.267 e. The number of ether oxygens (including phenoxy) is 1. The van der Waals surface area contributed by atoms with Crippen molar-refractivity contribution in [1.82, 2.24) is 0 Å². The Morgan fingerprint density at radius 2 is 1.77 bits per heavy atom. The second kappa shape index (κ2) is 8.59. The van der Waals surface area contributed by atoms with Crippen molar-refractivity contribution in [3.63, 3.8) is 0 Å². The zero-order valence-corrected chi connectivity index (χ0v) is 17.3. The van der Waals surface area contributed by atoms with E-state index in [-0.39, 0.29) is 5.69 Å². The molecule has 1 heterocycles. The van der Waals surface area contributed by atoms with Crippen molar-refractivity contribution in [1.29, 1.82) is 0 Å². The maximum absolute atomic E-state index is 14.2. The van der Waals surface area contributed by atoms with E-state index in [4.69, 9.17) is 20.8 Å². The van der Waals surface area contributed by atoms with Crippen molar-refractivity contribution >= 4 is 34.8 Å². The Morgan fingerprint density at radius 3 is 2.40 bits per heavy atom. The predicted octanol–water partition coefficient (Wildman–Crippen LogP) is 5.43. The molecular formula is C22H20ClFN2O4. The molecule has 0 radical (unpaired) electrons. The third-order valence-electron chi connectivity index (χ3n) is 4.31. The lowest BCUT2D eigenvalue weighted by Gasteiger charge is -2.25. The average molecular weight is 431 g/mol. The Hall–Kier alpha value is -3.32. The lowest BCUT2D eigenvalue weighted by atomic mass is 10.1. The van der Waals surface area contributed by atoms with E-state index in [9.17, 15) is 14.0 Å². The van der Waals surface area contributed by atoms with Gasteiger partial charge in [0, 0.05) is 10.7 Å². The molecule has 2 N–H and O–H groups in total. The summed E-state index contributed by atoms with van der Waals surface area (Å²) in [4.78, 5) is 25.0. The van der Waals surface area contributed by atoms with Gasteiger partial charge in [-0.15, -0.1) is 0 Å². The smallest absolute Gasteiger partial charge is 0.267 e. The first-order chi connectivity index (χ1) is 14.2. The fourth-order valence-corrected chi connectivity index (χ4v) is 2.76. The molecule has 6 nitrogen and oxygen atoms in total. The first-order valence-electron chi connectivity index (χ1n) is 9.07. The van der Waals surface area contributed by atoms with E-state index in [0.29, 0.717) is 27.8 Å². The van der Waals surface area contributed by atoms with Crippen LogP contribution in [0.5, 0.6) is 5.75 Å². The van der Waals surface area contributed by atoms with Gasteiger partial charge in [-0.2, -0.15) is 0 Å². The Bertz CT molecular complexity index is 1080. The van der Waals surface area contributed by atoms with Crippen LogP contribution >= 0.6 is 11.6 Å². The zero-order valence-electron chi connectivity index (χ0n) is 16.6. The highest BCUT2D eigenvalue weighted by Crippen LogP contribution is 2.25. The number of benzene rings is 2. The second-order valence-electron chi connectivity index (χ2n) is 7.06. The molecule has 3 aromatic rings. The Labute approximate surface area is 178 Å². The minimum atomic E-state index is -1.22. The molecule has 0 unspecified atom stereocenters.